The number of methoxy groups -OCH3 is 1. The van der Waals surface area contributed by atoms with E-state index in [4.69, 9.17) is 9.26 Å². The molecule has 1 aromatic carbocycles. The number of carbonyl (C=O) groups excluding carboxylic acids is 1. The van der Waals surface area contributed by atoms with Crippen LogP contribution in [0.15, 0.2) is 53.3 Å². The van der Waals surface area contributed by atoms with Crippen LogP contribution in [0.5, 0.6) is 5.75 Å². The van der Waals surface area contributed by atoms with E-state index in [1.165, 1.54) is 0 Å². The highest BCUT2D eigenvalue weighted by Crippen LogP contribution is 2.43. The van der Waals surface area contributed by atoms with Gasteiger partial charge in [-0.3, -0.25) is 9.78 Å². The Balaban J connectivity index is 1.24. The Bertz CT molecular complexity index is 1040. The molecule has 2 bridgehead atoms. The van der Waals surface area contributed by atoms with E-state index in [1.54, 1.807) is 19.5 Å². The first-order valence-corrected chi connectivity index (χ1v) is 10.9. The molecular weight excluding hydrogens is 392 g/mol. The number of hydrogen-bond donors (Lipinski definition) is 0. The van der Waals surface area contributed by atoms with Gasteiger partial charge in [0.05, 0.1) is 7.11 Å². The van der Waals surface area contributed by atoms with Crippen LogP contribution in [0.3, 0.4) is 0 Å². The van der Waals surface area contributed by atoms with Crippen molar-refractivity contribution >= 4 is 5.91 Å². The van der Waals surface area contributed by atoms with Crippen LogP contribution < -0.4 is 4.74 Å². The van der Waals surface area contributed by atoms with Crippen molar-refractivity contribution in [3.8, 4) is 17.1 Å². The van der Waals surface area contributed by atoms with Gasteiger partial charge in [0, 0.05) is 42.4 Å². The Morgan fingerprint density at radius 3 is 2.61 bits per heavy atom. The molecule has 7 heteroatoms. The maximum absolute atomic E-state index is 13.1. The van der Waals surface area contributed by atoms with E-state index in [0.717, 1.165) is 42.6 Å². The molecule has 0 spiro atoms. The molecule has 31 heavy (non-hydrogen) atoms. The van der Waals surface area contributed by atoms with Crippen LogP contribution in [-0.2, 0) is 11.2 Å². The van der Waals surface area contributed by atoms with Crippen molar-refractivity contribution in [1.29, 1.82) is 0 Å². The molecule has 2 aliphatic heterocycles. The normalized spacial score (nSPS) is 22.5. The van der Waals surface area contributed by atoms with Gasteiger partial charge in [0.2, 0.25) is 17.6 Å². The number of nitrogens with zero attached hydrogens (tertiary/aromatic N) is 4. The zero-order valence-electron chi connectivity index (χ0n) is 17.6. The third-order valence-electron chi connectivity index (χ3n) is 6.55. The molecule has 3 atom stereocenters. The smallest absolute Gasteiger partial charge is 0.230 e. The van der Waals surface area contributed by atoms with E-state index >= 15 is 0 Å². The lowest BCUT2D eigenvalue weighted by atomic mass is 9.90. The van der Waals surface area contributed by atoms with Crippen LogP contribution >= 0.6 is 0 Å². The summed E-state index contributed by atoms with van der Waals surface area (Å²) in [6.07, 6.45) is 8.51. The van der Waals surface area contributed by atoms with Crippen LogP contribution in [0.25, 0.3) is 11.4 Å². The number of pyridine rings is 1. The zero-order chi connectivity index (χ0) is 21.2. The minimum atomic E-state index is 0.207. The molecule has 7 nitrogen and oxygen atoms in total. The van der Waals surface area contributed by atoms with E-state index < -0.39 is 0 Å². The molecule has 5 rings (SSSR count). The van der Waals surface area contributed by atoms with Gasteiger partial charge in [-0.05, 0) is 55.9 Å². The Morgan fingerprint density at radius 1 is 1.13 bits per heavy atom. The lowest BCUT2D eigenvalue weighted by molar-refractivity contribution is -0.135. The van der Waals surface area contributed by atoms with Gasteiger partial charge in [-0.15, -0.1) is 0 Å². The lowest BCUT2D eigenvalue weighted by Crippen LogP contribution is -2.46. The fourth-order valence-corrected chi connectivity index (χ4v) is 5.09. The SMILES string of the molecule is COc1ccccc1CCC(=O)N1[C@@H]2CC[C@H]1CC(c1nc(-c3ccncc3)no1)C2. The third kappa shape index (κ3) is 3.92. The quantitative estimate of drug-likeness (QED) is 0.602. The predicted molar refractivity (Wildman–Crippen MR) is 114 cm³/mol. The van der Waals surface area contributed by atoms with Crippen LogP contribution in [-0.4, -0.2) is 45.1 Å². The van der Waals surface area contributed by atoms with E-state index in [2.05, 4.69) is 20.0 Å². The van der Waals surface area contributed by atoms with Gasteiger partial charge in [0.1, 0.15) is 5.75 Å². The summed E-state index contributed by atoms with van der Waals surface area (Å²) >= 11 is 0. The molecule has 2 aromatic heterocycles. The van der Waals surface area contributed by atoms with Gasteiger partial charge in [0.25, 0.3) is 0 Å². The molecule has 2 fully saturated rings. The maximum atomic E-state index is 13.1. The van der Waals surface area contributed by atoms with Crippen molar-refractivity contribution in [1.82, 2.24) is 20.0 Å². The van der Waals surface area contributed by atoms with Gasteiger partial charge < -0.3 is 14.2 Å². The van der Waals surface area contributed by atoms with Crippen LogP contribution in [0.4, 0.5) is 0 Å². The minimum absolute atomic E-state index is 0.207. The zero-order valence-corrected chi connectivity index (χ0v) is 17.6. The molecule has 4 heterocycles. The van der Waals surface area contributed by atoms with Crippen LogP contribution in [0, 0.1) is 0 Å². The molecule has 160 valence electrons. The molecule has 0 radical (unpaired) electrons. The average molecular weight is 418 g/mol. The molecule has 0 saturated carbocycles. The Morgan fingerprint density at radius 2 is 1.87 bits per heavy atom. The lowest BCUT2D eigenvalue weighted by Gasteiger charge is -2.38. The maximum Gasteiger partial charge on any atom is 0.230 e. The van der Waals surface area contributed by atoms with Gasteiger partial charge >= 0.3 is 0 Å². The summed E-state index contributed by atoms with van der Waals surface area (Å²) < 4.78 is 11.0. The van der Waals surface area contributed by atoms with Crippen molar-refractivity contribution in [2.45, 2.75) is 56.5 Å². The van der Waals surface area contributed by atoms with Crippen molar-refractivity contribution in [3.05, 3.63) is 60.2 Å². The summed E-state index contributed by atoms with van der Waals surface area (Å²) in [6, 6.07) is 12.2. The third-order valence-corrected chi connectivity index (χ3v) is 6.55. The molecular formula is C24H26N4O3. The number of piperidine rings is 1. The molecule has 2 aliphatic rings. The van der Waals surface area contributed by atoms with Gasteiger partial charge in [0.15, 0.2) is 0 Å². The number of hydrogen-bond acceptors (Lipinski definition) is 6. The molecule has 2 saturated heterocycles. The fourth-order valence-electron chi connectivity index (χ4n) is 5.09. The van der Waals surface area contributed by atoms with Crippen molar-refractivity contribution in [2.24, 2.45) is 0 Å². The predicted octanol–water partition coefficient (Wildman–Crippen LogP) is 4.01. The number of ether oxygens (including phenoxy) is 1. The number of amides is 1. The first kappa shape index (κ1) is 19.7. The fraction of sp³-hybridized carbons (Fsp3) is 0.417. The molecule has 0 aliphatic carbocycles. The monoisotopic (exact) mass is 418 g/mol. The van der Waals surface area contributed by atoms with Gasteiger partial charge in [-0.1, -0.05) is 23.4 Å². The van der Waals surface area contributed by atoms with E-state index in [-0.39, 0.29) is 23.9 Å². The Kier molecular flexibility index (Phi) is 5.40. The number of aryl methyl sites for hydroxylation is 1. The summed E-state index contributed by atoms with van der Waals surface area (Å²) in [5, 5.41) is 4.16. The van der Waals surface area contributed by atoms with Crippen LogP contribution in [0.1, 0.15) is 49.5 Å². The summed E-state index contributed by atoms with van der Waals surface area (Å²) in [4.78, 5) is 23.9. The number of fused-ring (bicyclic) bond motifs is 2. The highest BCUT2D eigenvalue weighted by Gasteiger charge is 2.44. The van der Waals surface area contributed by atoms with Crippen molar-refractivity contribution in [3.63, 3.8) is 0 Å². The minimum Gasteiger partial charge on any atom is -0.496 e. The number of benzene rings is 1. The molecule has 0 N–H and O–H groups in total. The van der Waals surface area contributed by atoms with Gasteiger partial charge in [-0.25, -0.2) is 0 Å². The molecule has 1 unspecified atom stereocenters. The summed E-state index contributed by atoms with van der Waals surface area (Å²) in [5.74, 6) is 2.57. The first-order valence-electron chi connectivity index (χ1n) is 10.9. The van der Waals surface area contributed by atoms with Gasteiger partial charge in [-0.2, -0.15) is 4.98 Å². The number of rotatable bonds is 6. The highest BCUT2D eigenvalue weighted by molar-refractivity contribution is 5.78. The highest BCUT2D eigenvalue weighted by atomic mass is 16.5. The second kappa shape index (κ2) is 8.49. The summed E-state index contributed by atoms with van der Waals surface area (Å²) in [5.41, 5.74) is 1.98. The standard InChI is InChI=1S/C24H26N4O3/c1-30-21-5-3-2-4-16(21)6-9-22(29)28-19-7-8-20(28)15-18(14-19)24-26-23(27-31-24)17-10-12-25-13-11-17/h2-5,10-13,18-20H,6-9,14-15H2,1H3/t18?,19-,20+. The number of para-hydroxylation sites is 1. The number of carbonyl (C=O) groups is 1. The first-order chi connectivity index (χ1) is 15.2. The second-order valence-corrected chi connectivity index (χ2v) is 8.36. The van der Waals surface area contributed by atoms with Crippen molar-refractivity contribution < 1.29 is 14.1 Å². The largest absolute Gasteiger partial charge is 0.496 e. The summed E-state index contributed by atoms with van der Waals surface area (Å²) in [7, 11) is 1.67. The van der Waals surface area contributed by atoms with Crippen LogP contribution in [0.2, 0.25) is 0 Å². The topological polar surface area (TPSA) is 81.4 Å². The van der Waals surface area contributed by atoms with Crippen molar-refractivity contribution in [2.75, 3.05) is 7.11 Å². The van der Waals surface area contributed by atoms with E-state index in [9.17, 15) is 4.79 Å². The average Bonchev–Trinajstić information content (AvgIpc) is 3.41. The van der Waals surface area contributed by atoms with E-state index in [0.29, 0.717) is 24.6 Å². The number of aromatic nitrogens is 3. The summed E-state index contributed by atoms with van der Waals surface area (Å²) in [6.45, 7) is 0. The molecule has 1 amide bonds. The Hall–Kier alpha value is -3.22. The Labute approximate surface area is 181 Å². The molecule has 3 aromatic rings. The van der Waals surface area contributed by atoms with E-state index in [1.807, 2.05) is 36.4 Å². The second-order valence-electron chi connectivity index (χ2n) is 8.36.